The molecule has 0 aliphatic carbocycles. The number of carbonyl (C=O) groups is 2. The van der Waals surface area contributed by atoms with Crippen molar-refractivity contribution in [2.75, 3.05) is 20.8 Å². The zero-order chi connectivity index (χ0) is 25.7. The molecule has 2 amide bonds. The minimum absolute atomic E-state index is 0.0353. The van der Waals surface area contributed by atoms with Gasteiger partial charge in [-0.2, -0.15) is 5.26 Å². The highest BCUT2D eigenvalue weighted by Gasteiger charge is 2.22. The van der Waals surface area contributed by atoms with E-state index in [0.717, 1.165) is 9.13 Å². The van der Waals surface area contributed by atoms with Gasteiger partial charge in [0.2, 0.25) is 11.8 Å². The molecule has 0 saturated carbocycles. The summed E-state index contributed by atoms with van der Waals surface area (Å²) in [6.07, 6.45) is 0. The van der Waals surface area contributed by atoms with Crippen molar-refractivity contribution in [1.82, 2.24) is 14.0 Å². The molecule has 13 nitrogen and oxygen atoms in total. The number of fused-ring (bicyclic) bond motifs is 1. The number of nitro groups is 1. The number of benzene rings is 2. The second-order valence-electron chi connectivity index (χ2n) is 7.48. The Morgan fingerprint density at radius 1 is 1.11 bits per heavy atom. The van der Waals surface area contributed by atoms with E-state index < -0.39 is 35.5 Å². The topological polar surface area (TPSA) is 176 Å². The van der Waals surface area contributed by atoms with Gasteiger partial charge in [0.15, 0.2) is 0 Å². The molecule has 35 heavy (non-hydrogen) atoms. The van der Waals surface area contributed by atoms with Crippen molar-refractivity contribution in [2.24, 2.45) is 5.73 Å². The van der Waals surface area contributed by atoms with Gasteiger partial charge in [0.25, 0.3) is 5.69 Å². The molecule has 13 heteroatoms. The van der Waals surface area contributed by atoms with Gasteiger partial charge in [-0.3, -0.25) is 28.8 Å². The first kappa shape index (κ1) is 24.8. The molecule has 0 bridgehead atoms. The van der Waals surface area contributed by atoms with E-state index in [0.29, 0.717) is 17.1 Å². The number of aromatic nitrogens is 2. The second kappa shape index (κ2) is 10.4. The molecular formula is C22H22N6O7. The highest BCUT2D eigenvalue weighted by atomic mass is 16.6. The molecule has 0 aliphatic rings. The summed E-state index contributed by atoms with van der Waals surface area (Å²) in [7, 11) is 2.94. The van der Waals surface area contributed by atoms with E-state index in [1.165, 1.54) is 37.3 Å². The molecule has 0 unspecified atom stereocenters. The first-order chi connectivity index (χ1) is 16.7. The Morgan fingerprint density at radius 2 is 1.77 bits per heavy atom. The summed E-state index contributed by atoms with van der Waals surface area (Å²) in [5, 5.41) is 20.3. The summed E-state index contributed by atoms with van der Waals surface area (Å²) in [5.41, 5.74) is 5.33. The maximum Gasteiger partial charge on any atom is 0.330 e. The Labute approximate surface area is 198 Å². The number of nitriles is 1. The third kappa shape index (κ3) is 5.38. The molecule has 0 spiro atoms. The number of methoxy groups -OCH3 is 2. The predicted molar refractivity (Wildman–Crippen MR) is 123 cm³/mol. The molecule has 0 saturated heterocycles. The summed E-state index contributed by atoms with van der Waals surface area (Å²) < 4.78 is 12.6. The van der Waals surface area contributed by atoms with Crippen LogP contribution in [0.4, 0.5) is 5.69 Å². The number of non-ortho nitro benzene ring substituents is 1. The summed E-state index contributed by atoms with van der Waals surface area (Å²) >= 11 is 0. The number of nitrogens with zero attached hydrogens (tertiary/aromatic N) is 5. The van der Waals surface area contributed by atoms with Crippen molar-refractivity contribution >= 4 is 28.5 Å². The Hall–Kier alpha value is -4.86. The number of amides is 2. The van der Waals surface area contributed by atoms with Gasteiger partial charge < -0.3 is 20.1 Å². The summed E-state index contributed by atoms with van der Waals surface area (Å²) in [6, 6.07) is 10.5. The number of rotatable bonds is 10. The lowest BCUT2D eigenvalue weighted by atomic mass is 10.1. The number of hydrogen-bond acceptors (Lipinski definition) is 8. The molecule has 1 heterocycles. The number of nitro benzene ring substituents is 1. The van der Waals surface area contributed by atoms with Gasteiger partial charge in [0, 0.05) is 24.7 Å². The van der Waals surface area contributed by atoms with Crippen LogP contribution in [0.2, 0.25) is 0 Å². The van der Waals surface area contributed by atoms with E-state index in [1.807, 2.05) is 6.07 Å². The average molecular weight is 482 g/mol. The monoisotopic (exact) mass is 482 g/mol. The molecule has 2 N–H and O–H groups in total. The molecule has 182 valence electrons. The summed E-state index contributed by atoms with van der Waals surface area (Å²) in [5.74, 6) is -0.420. The van der Waals surface area contributed by atoms with E-state index in [4.69, 9.17) is 20.5 Å². The van der Waals surface area contributed by atoms with Crippen LogP contribution in [-0.4, -0.2) is 51.5 Å². The standard InChI is InChI=1S/C22H22N6O7/c1-34-16-7-14(8-17(10-16)35-2)11-25(12-20(24)29)21(30)13-27-18-4-3-15(28(32)33)9-19(18)26(6-5-23)22(27)31/h3-4,7-10H,6,11-13H2,1-2H3,(H2,24,29). The molecule has 0 radical (unpaired) electrons. The Balaban J connectivity index is 2.00. The van der Waals surface area contributed by atoms with Crippen LogP contribution in [-0.2, 0) is 29.2 Å². The SMILES string of the molecule is COc1cc(CN(CC(N)=O)C(=O)Cn2c(=O)n(CC#N)c3cc([N+](=O)[O-])ccc32)cc(OC)c1. The van der Waals surface area contributed by atoms with Crippen molar-refractivity contribution in [3.05, 3.63) is 62.6 Å². The highest BCUT2D eigenvalue weighted by Crippen LogP contribution is 2.24. The third-order valence-corrected chi connectivity index (χ3v) is 5.22. The molecule has 0 fully saturated rings. The van der Waals surface area contributed by atoms with Crippen molar-refractivity contribution in [3.8, 4) is 17.6 Å². The van der Waals surface area contributed by atoms with Gasteiger partial charge in [-0.05, 0) is 23.8 Å². The van der Waals surface area contributed by atoms with Gasteiger partial charge >= 0.3 is 5.69 Å². The van der Waals surface area contributed by atoms with Crippen molar-refractivity contribution in [2.45, 2.75) is 19.6 Å². The van der Waals surface area contributed by atoms with E-state index in [2.05, 4.69) is 0 Å². The van der Waals surface area contributed by atoms with Crippen LogP contribution in [0.25, 0.3) is 11.0 Å². The van der Waals surface area contributed by atoms with Crippen LogP contribution < -0.4 is 20.9 Å². The van der Waals surface area contributed by atoms with Crippen LogP contribution >= 0.6 is 0 Å². The van der Waals surface area contributed by atoms with Crippen LogP contribution in [0.3, 0.4) is 0 Å². The fourth-order valence-corrected chi connectivity index (χ4v) is 3.63. The minimum Gasteiger partial charge on any atom is -0.497 e. The molecular weight excluding hydrogens is 460 g/mol. The molecule has 1 aromatic heterocycles. The van der Waals surface area contributed by atoms with Crippen LogP contribution in [0, 0.1) is 21.4 Å². The van der Waals surface area contributed by atoms with Gasteiger partial charge in [-0.15, -0.1) is 0 Å². The maximum atomic E-state index is 13.2. The quantitative estimate of drug-likeness (QED) is 0.325. The number of nitrogens with two attached hydrogens (primary N) is 1. The van der Waals surface area contributed by atoms with Crippen LogP contribution in [0.1, 0.15) is 5.56 Å². The smallest absolute Gasteiger partial charge is 0.330 e. The maximum absolute atomic E-state index is 13.2. The Kier molecular flexibility index (Phi) is 7.35. The highest BCUT2D eigenvalue weighted by molar-refractivity contribution is 5.85. The lowest BCUT2D eigenvalue weighted by Gasteiger charge is -2.22. The second-order valence-corrected chi connectivity index (χ2v) is 7.48. The summed E-state index contributed by atoms with van der Waals surface area (Å²) in [6.45, 7) is -1.31. The number of ether oxygens (including phenoxy) is 2. The zero-order valence-electron chi connectivity index (χ0n) is 19.0. The summed E-state index contributed by atoms with van der Waals surface area (Å²) in [4.78, 5) is 49.6. The molecule has 3 aromatic rings. The van der Waals surface area contributed by atoms with Crippen molar-refractivity contribution in [3.63, 3.8) is 0 Å². The van der Waals surface area contributed by atoms with Crippen LogP contribution in [0.15, 0.2) is 41.2 Å². The Morgan fingerprint density at radius 3 is 2.31 bits per heavy atom. The molecule has 2 aromatic carbocycles. The normalized spacial score (nSPS) is 10.5. The first-order valence-electron chi connectivity index (χ1n) is 10.2. The minimum atomic E-state index is -0.761. The average Bonchev–Trinajstić information content (AvgIpc) is 3.08. The Bertz CT molecular complexity index is 1380. The van der Waals surface area contributed by atoms with Gasteiger partial charge in [-0.1, -0.05) is 0 Å². The van der Waals surface area contributed by atoms with Gasteiger partial charge in [0.05, 0.1) is 42.8 Å². The van der Waals surface area contributed by atoms with E-state index >= 15 is 0 Å². The lowest BCUT2D eigenvalue weighted by molar-refractivity contribution is -0.384. The van der Waals surface area contributed by atoms with E-state index in [9.17, 15) is 24.5 Å². The predicted octanol–water partition coefficient (Wildman–Crippen LogP) is 0.766. The number of carbonyl (C=O) groups excluding carboxylic acids is 2. The van der Waals surface area contributed by atoms with E-state index in [-0.39, 0.29) is 29.8 Å². The molecule has 0 atom stereocenters. The third-order valence-electron chi connectivity index (χ3n) is 5.22. The first-order valence-corrected chi connectivity index (χ1v) is 10.2. The number of imidazole rings is 1. The largest absolute Gasteiger partial charge is 0.497 e. The number of hydrogen-bond donors (Lipinski definition) is 1. The fraction of sp³-hybridized carbons (Fsp3) is 0.273. The zero-order valence-corrected chi connectivity index (χ0v) is 19.0. The fourth-order valence-electron chi connectivity index (χ4n) is 3.63. The molecule has 0 aliphatic heterocycles. The van der Waals surface area contributed by atoms with Gasteiger partial charge in [0.1, 0.15) is 24.6 Å². The molecule has 3 rings (SSSR count). The lowest BCUT2D eigenvalue weighted by Crippen LogP contribution is -2.41. The van der Waals surface area contributed by atoms with Crippen molar-refractivity contribution in [1.29, 1.82) is 5.26 Å². The van der Waals surface area contributed by atoms with Crippen LogP contribution in [0.5, 0.6) is 11.5 Å². The number of primary amides is 1. The van der Waals surface area contributed by atoms with Gasteiger partial charge in [-0.25, -0.2) is 4.79 Å². The van der Waals surface area contributed by atoms with E-state index in [1.54, 1.807) is 18.2 Å². The van der Waals surface area contributed by atoms with Crippen molar-refractivity contribution < 1.29 is 24.0 Å².